The van der Waals surface area contributed by atoms with E-state index in [1.54, 1.807) is 0 Å². The molecule has 0 aliphatic rings. The van der Waals surface area contributed by atoms with Crippen molar-refractivity contribution in [3.05, 3.63) is 106 Å². The fourth-order valence-electron chi connectivity index (χ4n) is 3.35. The summed E-state index contributed by atoms with van der Waals surface area (Å²) in [6.07, 6.45) is 1.29. The van der Waals surface area contributed by atoms with Crippen molar-refractivity contribution >= 4 is 0 Å². The lowest BCUT2D eigenvalue weighted by molar-refractivity contribution is 0.541. The number of aromatic nitrogens is 4. The predicted molar refractivity (Wildman–Crippen MR) is 106 cm³/mol. The van der Waals surface area contributed by atoms with E-state index < -0.39 is 17.3 Å². The predicted octanol–water partition coefficient (Wildman–Crippen LogP) is 3.83. The maximum atomic E-state index is 13.9. The molecule has 29 heavy (non-hydrogen) atoms. The molecule has 0 atom stereocenters. The Morgan fingerprint density at radius 2 is 1.48 bits per heavy atom. The van der Waals surface area contributed by atoms with Crippen LogP contribution in [0, 0.1) is 25.5 Å². The zero-order valence-corrected chi connectivity index (χ0v) is 16.1. The molecular weight excluding hydrogens is 374 g/mol. The Morgan fingerprint density at radius 1 is 0.862 bits per heavy atom. The van der Waals surface area contributed by atoms with Gasteiger partial charge in [-0.2, -0.15) is 9.78 Å². The number of nitrogens with zero attached hydrogens (tertiary/aromatic N) is 4. The van der Waals surface area contributed by atoms with Crippen LogP contribution in [0.5, 0.6) is 0 Å². The quantitative estimate of drug-likeness (QED) is 0.517. The summed E-state index contributed by atoms with van der Waals surface area (Å²) in [5.41, 5.74) is 3.42. The van der Waals surface area contributed by atoms with Crippen molar-refractivity contribution in [1.82, 2.24) is 18.9 Å². The standard InChI is InChI=1S/C22H20F2N4O/c1-15-6-7-16(2)27(15)12-17-8-10-18(11-9-17)28-22(29)26(14-25-28)13-19-20(23)4-3-5-21(19)24/h3-11,14H,12-13H2,1-2H3. The second-order valence-corrected chi connectivity index (χ2v) is 7.02. The van der Waals surface area contributed by atoms with Gasteiger partial charge in [-0.3, -0.25) is 4.57 Å². The molecule has 0 bridgehead atoms. The number of hydrogen-bond acceptors (Lipinski definition) is 2. The van der Waals surface area contributed by atoms with Gasteiger partial charge in [0.05, 0.1) is 12.2 Å². The molecule has 0 saturated heterocycles. The first kappa shape index (κ1) is 18.9. The topological polar surface area (TPSA) is 44.8 Å². The summed E-state index contributed by atoms with van der Waals surface area (Å²) in [6.45, 7) is 4.64. The molecule has 0 spiro atoms. The van der Waals surface area contributed by atoms with Crippen LogP contribution in [0.25, 0.3) is 5.69 Å². The molecule has 5 nitrogen and oxygen atoms in total. The van der Waals surface area contributed by atoms with E-state index in [-0.39, 0.29) is 12.1 Å². The highest BCUT2D eigenvalue weighted by molar-refractivity contribution is 5.34. The van der Waals surface area contributed by atoms with Crippen molar-refractivity contribution < 1.29 is 8.78 Å². The Hall–Kier alpha value is -3.48. The molecule has 0 aliphatic heterocycles. The van der Waals surface area contributed by atoms with Crippen molar-refractivity contribution in [1.29, 1.82) is 0 Å². The zero-order valence-electron chi connectivity index (χ0n) is 16.1. The fraction of sp³-hybridized carbons (Fsp3) is 0.182. The highest BCUT2D eigenvalue weighted by Gasteiger charge is 2.13. The van der Waals surface area contributed by atoms with Crippen LogP contribution >= 0.6 is 0 Å². The molecule has 148 valence electrons. The van der Waals surface area contributed by atoms with E-state index in [0.717, 1.165) is 12.1 Å². The number of halogens is 2. The maximum absolute atomic E-state index is 13.9. The second kappa shape index (κ2) is 7.50. The van der Waals surface area contributed by atoms with Crippen molar-refractivity contribution in [3.63, 3.8) is 0 Å². The molecule has 4 aromatic rings. The van der Waals surface area contributed by atoms with Gasteiger partial charge in [-0.1, -0.05) is 18.2 Å². The number of benzene rings is 2. The molecule has 0 aliphatic carbocycles. The van der Waals surface area contributed by atoms with Gasteiger partial charge in [-0.05, 0) is 55.8 Å². The van der Waals surface area contributed by atoms with Gasteiger partial charge in [0, 0.05) is 23.5 Å². The van der Waals surface area contributed by atoms with E-state index in [0.29, 0.717) is 5.69 Å². The van der Waals surface area contributed by atoms with Crippen LogP contribution in [-0.4, -0.2) is 18.9 Å². The molecular formula is C22H20F2N4O. The minimum Gasteiger partial charge on any atom is -0.345 e. The third-order valence-corrected chi connectivity index (χ3v) is 5.06. The van der Waals surface area contributed by atoms with Crippen molar-refractivity contribution in [3.8, 4) is 5.69 Å². The Balaban J connectivity index is 1.57. The lowest BCUT2D eigenvalue weighted by Crippen LogP contribution is -2.24. The number of rotatable bonds is 5. The van der Waals surface area contributed by atoms with Crippen molar-refractivity contribution in [2.75, 3.05) is 0 Å². The van der Waals surface area contributed by atoms with Gasteiger partial charge in [-0.25, -0.2) is 13.6 Å². The number of hydrogen-bond donors (Lipinski definition) is 0. The molecule has 2 aromatic carbocycles. The minimum absolute atomic E-state index is 0.165. The van der Waals surface area contributed by atoms with Gasteiger partial charge < -0.3 is 4.57 Å². The smallest absolute Gasteiger partial charge is 0.345 e. The van der Waals surface area contributed by atoms with E-state index >= 15 is 0 Å². The summed E-state index contributed by atoms with van der Waals surface area (Å²) >= 11 is 0. The van der Waals surface area contributed by atoms with Crippen LogP contribution in [0.15, 0.2) is 65.7 Å². The molecule has 7 heteroatoms. The highest BCUT2D eigenvalue weighted by Crippen LogP contribution is 2.15. The Kier molecular flexibility index (Phi) is 4.88. The molecule has 0 fully saturated rings. The zero-order chi connectivity index (χ0) is 20.5. The SMILES string of the molecule is Cc1ccc(C)n1Cc1ccc(-n2ncn(Cc3c(F)cccc3F)c2=O)cc1. The third kappa shape index (κ3) is 3.63. The van der Waals surface area contributed by atoms with Gasteiger partial charge >= 0.3 is 5.69 Å². The van der Waals surface area contributed by atoms with Gasteiger partial charge in [0.25, 0.3) is 0 Å². The first-order valence-electron chi connectivity index (χ1n) is 9.23. The van der Waals surface area contributed by atoms with E-state index in [9.17, 15) is 13.6 Å². The minimum atomic E-state index is -0.690. The van der Waals surface area contributed by atoms with Gasteiger partial charge in [0.15, 0.2) is 0 Å². The molecule has 0 radical (unpaired) electrons. The average Bonchev–Trinajstić information content (AvgIpc) is 3.22. The maximum Gasteiger partial charge on any atom is 0.350 e. The summed E-state index contributed by atoms with van der Waals surface area (Å²) in [6, 6.07) is 15.3. The lowest BCUT2D eigenvalue weighted by atomic mass is 10.2. The van der Waals surface area contributed by atoms with Crippen LogP contribution in [0.3, 0.4) is 0 Å². The molecule has 0 unspecified atom stereocenters. The fourth-order valence-corrected chi connectivity index (χ4v) is 3.35. The molecule has 0 saturated carbocycles. The largest absolute Gasteiger partial charge is 0.350 e. The van der Waals surface area contributed by atoms with E-state index in [4.69, 9.17) is 0 Å². The Morgan fingerprint density at radius 3 is 2.10 bits per heavy atom. The van der Waals surface area contributed by atoms with E-state index in [2.05, 4.69) is 35.6 Å². The van der Waals surface area contributed by atoms with Crippen molar-refractivity contribution in [2.45, 2.75) is 26.9 Å². The molecule has 0 amide bonds. The van der Waals surface area contributed by atoms with E-state index in [1.807, 2.05) is 24.3 Å². The second-order valence-electron chi connectivity index (χ2n) is 7.02. The van der Waals surface area contributed by atoms with Crippen LogP contribution < -0.4 is 5.69 Å². The van der Waals surface area contributed by atoms with Crippen LogP contribution in [0.2, 0.25) is 0 Å². The van der Waals surface area contributed by atoms with Gasteiger partial charge in [-0.15, -0.1) is 0 Å². The first-order valence-corrected chi connectivity index (χ1v) is 9.23. The Bertz CT molecular complexity index is 1180. The summed E-state index contributed by atoms with van der Waals surface area (Å²) in [7, 11) is 0. The number of aryl methyl sites for hydroxylation is 2. The van der Waals surface area contributed by atoms with Gasteiger partial charge in [0.1, 0.15) is 18.0 Å². The van der Waals surface area contributed by atoms with Crippen LogP contribution in [0.4, 0.5) is 8.78 Å². The summed E-state index contributed by atoms with van der Waals surface area (Å²) in [4.78, 5) is 12.6. The van der Waals surface area contributed by atoms with Crippen LogP contribution in [-0.2, 0) is 13.1 Å². The van der Waals surface area contributed by atoms with E-state index in [1.165, 1.54) is 45.2 Å². The first-order chi connectivity index (χ1) is 13.9. The van der Waals surface area contributed by atoms with Crippen molar-refractivity contribution in [2.24, 2.45) is 0 Å². The molecule has 2 aromatic heterocycles. The summed E-state index contributed by atoms with van der Waals surface area (Å²) in [5.74, 6) is -1.38. The monoisotopic (exact) mass is 394 g/mol. The van der Waals surface area contributed by atoms with Gasteiger partial charge in [0.2, 0.25) is 0 Å². The lowest BCUT2D eigenvalue weighted by Gasteiger charge is -2.10. The average molecular weight is 394 g/mol. The summed E-state index contributed by atoms with van der Waals surface area (Å²) < 4.78 is 32.3. The molecule has 2 heterocycles. The Labute approximate surface area is 166 Å². The third-order valence-electron chi connectivity index (χ3n) is 5.06. The molecule has 0 N–H and O–H groups in total. The summed E-state index contributed by atoms with van der Waals surface area (Å²) in [5, 5.41) is 4.09. The van der Waals surface area contributed by atoms with Crippen LogP contribution in [0.1, 0.15) is 22.5 Å². The normalized spacial score (nSPS) is 11.2. The molecule has 4 rings (SSSR count). The highest BCUT2D eigenvalue weighted by atomic mass is 19.1.